The predicted molar refractivity (Wildman–Crippen MR) is 95.3 cm³/mol. The summed E-state index contributed by atoms with van der Waals surface area (Å²) in [6.07, 6.45) is 3.11. The number of ether oxygens (including phenoxy) is 1. The maximum absolute atomic E-state index is 12.0. The second kappa shape index (κ2) is 8.38. The van der Waals surface area contributed by atoms with Gasteiger partial charge in [-0.1, -0.05) is 23.2 Å². The van der Waals surface area contributed by atoms with E-state index < -0.39 is 10.0 Å². The quantitative estimate of drug-likeness (QED) is 0.770. The Morgan fingerprint density at radius 2 is 2.12 bits per heavy atom. The van der Waals surface area contributed by atoms with Crippen LogP contribution in [0.5, 0.6) is 0 Å². The Labute approximate surface area is 152 Å². The molecule has 0 saturated carbocycles. The number of benzene rings is 1. The Balaban J connectivity index is 1.96. The van der Waals surface area contributed by atoms with Crippen molar-refractivity contribution in [2.24, 2.45) is 0 Å². The van der Waals surface area contributed by atoms with Crippen molar-refractivity contribution in [2.75, 3.05) is 30.3 Å². The van der Waals surface area contributed by atoms with Crippen LogP contribution in [0.2, 0.25) is 10.0 Å². The first-order valence-corrected chi connectivity index (χ1v) is 10.2. The third kappa shape index (κ3) is 5.51. The van der Waals surface area contributed by atoms with Crippen LogP contribution in [0.4, 0.5) is 5.69 Å². The van der Waals surface area contributed by atoms with E-state index in [1.54, 1.807) is 6.07 Å². The lowest BCUT2D eigenvalue weighted by Crippen LogP contribution is -2.36. The zero-order valence-corrected chi connectivity index (χ0v) is 15.6. The molecular formula is C15H20Cl2N2O4S. The summed E-state index contributed by atoms with van der Waals surface area (Å²) in [5.74, 6) is -0.223. The van der Waals surface area contributed by atoms with E-state index in [1.807, 2.05) is 0 Å². The summed E-state index contributed by atoms with van der Waals surface area (Å²) in [7, 11) is -3.55. The van der Waals surface area contributed by atoms with Crippen molar-refractivity contribution < 1.29 is 17.9 Å². The lowest BCUT2D eigenvalue weighted by atomic mass is 10.2. The van der Waals surface area contributed by atoms with Gasteiger partial charge >= 0.3 is 0 Å². The van der Waals surface area contributed by atoms with Crippen LogP contribution in [0.15, 0.2) is 18.2 Å². The molecule has 0 bridgehead atoms. The van der Waals surface area contributed by atoms with Crippen molar-refractivity contribution in [2.45, 2.75) is 25.4 Å². The molecule has 1 unspecified atom stereocenters. The van der Waals surface area contributed by atoms with Crippen molar-refractivity contribution >= 4 is 44.8 Å². The van der Waals surface area contributed by atoms with Crippen LogP contribution < -0.4 is 9.62 Å². The smallest absolute Gasteiger partial charge is 0.232 e. The number of rotatable bonds is 7. The van der Waals surface area contributed by atoms with Gasteiger partial charge in [-0.3, -0.25) is 9.10 Å². The zero-order valence-electron chi connectivity index (χ0n) is 13.3. The van der Waals surface area contributed by atoms with Gasteiger partial charge in [0.25, 0.3) is 0 Å². The standard InChI is InChI=1S/C15H20Cl2N2O4S/c1-24(21,22)19(11-4-5-13(16)14(17)9-11)7-6-15(20)18-10-12-3-2-8-23-12/h4-5,9,12H,2-3,6-8,10H2,1H3,(H,18,20). The maximum Gasteiger partial charge on any atom is 0.232 e. The SMILES string of the molecule is CS(=O)(=O)N(CCC(=O)NCC1CCCO1)c1ccc(Cl)c(Cl)c1. The Morgan fingerprint density at radius 1 is 1.38 bits per heavy atom. The van der Waals surface area contributed by atoms with Gasteiger partial charge in [-0.2, -0.15) is 0 Å². The number of hydrogen-bond acceptors (Lipinski definition) is 4. The molecule has 0 aromatic heterocycles. The minimum Gasteiger partial charge on any atom is -0.376 e. The van der Waals surface area contributed by atoms with Gasteiger partial charge in [0.1, 0.15) is 0 Å². The van der Waals surface area contributed by atoms with E-state index in [2.05, 4.69) is 5.32 Å². The highest BCUT2D eigenvalue weighted by molar-refractivity contribution is 7.92. The van der Waals surface area contributed by atoms with Crippen molar-refractivity contribution in [1.82, 2.24) is 5.32 Å². The van der Waals surface area contributed by atoms with Crippen molar-refractivity contribution in [3.05, 3.63) is 28.2 Å². The molecule has 1 aromatic rings. The van der Waals surface area contributed by atoms with E-state index in [4.69, 9.17) is 27.9 Å². The summed E-state index contributed by atoms with van der Waals surface area (Å²) in [5.41, 5.74) is 0.374. The Bertz CT molecular complexity index is 691. The third-order valence-electron chi connectivity index (χ3n) is 3.68. The van der Waals surface area contributed by atoms with Gasteiger partial charge in [0.15, 0.2) is 0 Å². The monoisotopic (exact) mass is 394 g/mol. The number of halogens is 2. The number of sulfonamides is 1. The lowest BCUT2D eigenvalue weighted by molar-refractivity contribution is -0.121. The van der Waals surface area contributed by atoms with Crippen LogP contribution >= 0.6 is 23.2 Å². The summed E-state index contributed by atoms with van der Waals surface area (Å²) in [6.45, 7) is 1.19. The van der Waals surface area contributed by atoms with Crippen LogP contribution in [0.1, 0.15) is 19.3 Å². The molecule has 0 aliphatic carbocycles. The molecule has 2 rings (SSSR count). The van der Waals surface area contributed by atoms with Crippen LogP contribution in [0.3, 0.4) is 0 Å². The van der Waals surface area contributed by atoms with Crippen LogP contribution in [-0.2, 0) is 19.6 Å². The summed E-state index contributed by atoms with van der Waals surface area (Å²) < 4.78 is 30.6. The largest absolute Gasteiger partial charge is 0.376 e. The molecule has 1 N–H and O–H groups in total. The normalized spacial score (nSPS) is 17.7. The molecule has 1 atom stereocenters. The van der Waals surface area contributed by atoms with Crippen molar-refractivity contribution in [3.63, 3.8) is 0 Å². The molecule has 9 heteroatoms. The van der Waals surface area contributed by atoms with Crippen LogP contribution in [-0.4, -0.2) is 46.4 Å². The number of amides is 1. The molecular weight excluding hydrogens is 375 g/mol. The molecule has 6 nitrogen and oxygen atoms in total. The first kappa shape index (κ1) is 19.3. The molecule has 1 fully saturated rings. The van der Waals surface area contributed by atoms with Gasteiger partial charge in [0, 0.05) is 26.1 Å². The van der Waals surface area contributed by atoms with Gasteiger partial charge in [0.2, 0.25) is 15.9 Å². The fourth-order valence-electron chi connectivity index (χ4n) is 2.45. The molecule has 0 spiro atoms. The van der Waals surface area contributed by atoms with E-state index in [0.29, 0.717) is 17.3 Å². The molecule has 1 saturated heterocycles. The van der Waals surface area contributed by atoms with E-state index >= 15 is 0 Å². The van der Waals surface area contributed by atoms with E-state index in [0.717, 1.165) is 30.0 Å². The number of hydrogen-bond donors (Lipinski definition) is 1. The number of nitrogens with zero attached hydrogens (tertiary/aromatic N) is 1. The van der Waals surface area contributed by atoms with E-state index in [9.17, 15) is 13.2 Å². The van der Waals surface area contributed by atoms with Crippen molar-refractivity contribution in [3.8, 4) is 0 Å². The first-order valence-electron chi connectivity index (χ1n) is 7.58. The summed E-state index contributed by atoms with van der Waals surface area (Å²) in [4.78, 5) is 11.9. The van der Waals surface area contributed by atoms with Gasteiger partial charge < -0.3 is 10.1 Å². The van der Waals surface area contributed by atoms with Gasteiger partial charge in [-0.15, -0.1) is 0 Å². The van der Waals surface area contributed by atoms with Gasteiger partial charge in [-0.05, 0) is 31.0 Å². The van der Waals surface area contributed by atoms with E-state index in [1.165, 1.54) is 12.1 Å². The minimum absolute atomic E-state index is 0.0220. The highest BCUT2D eigenvalue weighted by Gasteiger charge is 2.20. The van der Waals surface area contributed by atoms with Gasteiger partial charge in [-0.25, -0.2) is 8.42 Å². The predicted octanol–water partition coefficient (Wildman–Crippen LogP) is 2.44. The average molecular weight is 395 g/mol. The number of carbonyl (C=O) groups is 1. The minimum atomic E-state index is -3.55. The Hall–Kier alpha value is -1.02. The molecule has 1 aromatic carbocycles. The maximum atomic E-state index is 12.0. The fourth-order valence-corrected chi connectivity index (χ4v) is 3.66. The Morgan fingerprint density at radius 3 is 2.71 bits per heavy atom. The number of nitrogens with one attached hydrogen (secondary N) is 1. The topological polar surface area (TPSA) is 75.7 Å². The van der Waals surface area contributed by atoms with Crippen molar-refractivity contribution in [1.29, 1.82) is 0 Å². The molecule has 134 valence electrons. The molecule has 0 radical (unpaired) electrons. The highest BCUT2D eigenvalue weighted by Crippen LogP contribution is 2.28. The third-order valence-corrected chi connectivity index (χ3v) is 5.62. The second-order valence-corrected chi connectivity index (χ2v) is 8.34. The molecule has 1 aliphatic rings. The molecule has 24 heavy (non-hydrogen) atoms. The van der Waals surface area contributed by atoms with Crippen LogP contribution in [0.25, 0.3) is 0 Å². The summed E-state index contributed by atoms with van der Waals surface area (Å²) >= 11 is 11.8. The fraction of sp³-hybridized carbons (Fsp3) is 0.533. The average Bonchev–Trinajstić information content (AvgIpc) is 3.01. The lowest BCUT2D eigenvalue weighted by Gasteiger charge is -2.22. The number of carbonyl (C=O) groups excluding carboxylic acids is 1. The van der Waals surface area contributed by atoms with Gasteiger partial charge in [0.05, 0.1) is 28.1 Å². The van der Waals surface area contributed by atoms with Crippen LogP contribution in [0, 0.1) is 0 Å². The highest BCUT2D eigenvalue weighted by atomic mass is 35.5. The van der Waals surface area contributed by atoms with E-state index in [-0.39, 0.29) is 30.0 Å². The number of anilines is 1. The zero-order chi connectivity index (χ0) is 17.7. The molecule has 1 amide bonds. The summed E-state index contributed by atoms with van der Waals surface area (Å²) in [6, 6.07) is 4.55. The molecule has 1 heterocycles. The second-order valence-electron chi connectivity index (χ2n) is 5.62. The Kier molecular flexibility index (Phi) is 6.74. The summed E-state index contributed by atoms with van der Waals surface area (Å²) in [5, 5.41) is 3.36. The first-order chi connectivity index (χ1) is 11.3. The molecule has 1 aliphatic heterocycles.